The second kappa shape index (κ2) is 5.65. The van der Waals surface area contributed by atoms with Crippen molar-refractivity contribution < 1.29 is 23.6 Å². The van der Waals surface area contributed by atoms with Crippen molar-refractivity contribution >= 4 is 11.7 Å². The predicted octanol–water partition coefficient (Wildman–Crippen LogP) is 1.39. The molecule has 0 heterocycles. The third-order valence-electron chi connectivity index (χ3n) is 3.47. The summed E-state index contributed by atoms with van der Waals surface area (Å²) in [7, 11) is 1.19. The van der Waals surface area contributed by atoms with Crippen LogP contribution in [0.5, 0.6) is 5.75 Å². The Labute approximate surface area is 120 Å². The standard InChI is InChI=1S/C13H15FN2O5/c1-20-12(17)13(15,8-5-6-8)7-21-11-9(14)3-2-4-10(11)16(18)19/h2-4,8H,5-7,15H2,1H3. The minimum absolute atomic E-state index is 0.129. The van der Waals surface area contributed by atoms with Crippen LogP contribution in [0.25, 0.3) is 0 Å². The number of carbonyl (C=O) groups is 1. The van der Waals surface area contributed by atoms with Gasteiger partial charge in [0, 0.05) is 6.07 Å². The van der Waals surface area contributed by atoms with Crippen LogP contribution in [0.1, 0.15) is 12.8 Å². The van der Waals surface area contributed by atoms with Crippen LogP contribution >= 0.6 is 0 Å². The Morgan fingerprint density at radius 3 is 2.76 bits per heavy atom. The van der Waals surface area contributed by atoms with Gasteiger partial charge in [-0.1, -0.05) is 6.07 Å². The van der Waals surface area contributed by atoms with Crippen LogP contribution in [0.2, 0.25) is 0 Å². The van der Waals surface area contributed by atoms with Gasteiger partial charge in [-0.2, -0.15) is 0 Å². The van der Waals surface area contributed by atoms with Crippen molar-refractivity contribution in [3.05, 3.63) is 34.1 Å². The summed E-state index contributed by atoms with van der Waals surface area (Å²) in [5.74, 6) is -2.21. The van der Waals surface area contributed by atoms with E-state index in [2.05, 4.69) is 4.74 Å². The number of hydrogen-bond acceptors (Lipinski definition) is 6. The fraction of sp³-hybridized carbons (Fsp3) is 0.462. The van der Waals surface area contributed by atoms with E-state index in [1.54, 1.807) is 0 Å². The molecule has 8 heteroatoms. The van der Waals surface area contributed by atoms with E-state index in [0.717, 1.165) is 25.0 Å². The van der Waals surface area contributed by atoms with Crippen molar-refractivity contribution in [2.24, 2.45) is 11.7 Å². The van der Waals surface area contributed by atoms with E-state index in [0.29, 0.717) is 0 Å². The molecule has 0 saturated heterocycles. The maximum Gasteiger partial charge on any atom is 0.329 e. The number of halogens is 1. The molecule has 0 spiro atoms. The van der Waals surface area contributed by atoms with Crippen LogP contribution < -0.4 is 10.5 Å². The maximum atomic E-state index is 13.7. The number of rotatable bonds is 6. The van der Waals surface area contributed by atoms with E-state index >= 15 is 0 Å². The fourth-order valence-corrected chi connectivity index (χ4v) is 2.11. The summed E-state index contributed by atoms with van der Waals surface area (Å²) in [5, 5.41) is 10.9. The number of hydrogen-bond donors (Lipinski definition) is 1. The number of nitrogens with zero attached hydrogens (tertiary/aromatic N) is 1. The van der Waals surface area contributed by atoms with Gasteiger partial charge in [0.25, 0.3) is 0 Å². The first-order valence-corrected chi connectivity index (χ1v) is 6.33. The van der Waals surface area contributed by atoms with E-state index in [1.165, 1.54) is 13.2 Å². The van der Waals surface area contributed by atoms with Crippen LogP contribution in [0.3, 0.4) is 0 Å². The summed E-state index contributed by atoms with van der Waals surface area (Å²) in [6.07, 6.45) is 1.46. The van der Waals surface area contributed by atoms with Crippen molar-refractivity contribution in [2.45, 2.75) is 18.4 Å². The average molecular weight is 298 g/mol. The Morgan fingerprint density at radius 2 is 2.24 bits per heavy atom. The normalized spacial score (nSPS) is 16.9. The third kappa shape index (κ3) is 2.94. The molecular weight excluding hydrogens is 283 g/mol. The fourth-order valence-electron chi connectivity index (χ4n) is 2.11. The van der Waals surface area contributed by atoms with Gasteiger partial charge >= 0.3 is 11.7 Å². The molecule has 1 unspecified atom stereocenters. The van der Waals surface area contributed by atoms with Crippen molar-refractivity contribution in [3.63, 3.8) is 0 Å². The molecule has 1 aliphatic rings. The van der Waals surface area contributed by atoms with Gasteiger partial charge in [0.2, 0.25) is 5.75 Å². The number of nitrogens with two attached hydrogens (primary N) is 1. The first kappa shape index (κ1) is 15.2. The van der Waals surface area contributed by atoms with Gasteiger partial charge in [-0.15, -0.1) is 0 Å². The summed E-state index contributed by atoms with van der Waals surface area (Å²) in [4.78, 5) is 21.9. The summed E-state index contributed by atoms with van der Waals surface area (Å²) in [5.41, 5.74) is 4.05. The molecule has 0 radical (unpaired) electrons. The number of esters is 1. The molecule has 21 heavy (non-hydrogen) atoms. The van der Waals surface area contributed by atoms with E-state index in [4.69, 9.17) is 10.5 Å². The molecule has 1 atom stereocenters. The second-order valence-electron chi connectivity index (χ2n) is 4.94. The topological polar surface area (TPSA) is 105 Å². The minimum Gasteiger partial charge on any atom is -0.482 e. The Hall–Kier alpha value is -2.22. The molecule has 1 saturated carbocycles. The van der Waals surface area contributed by atoms with Crippen LogP contribution in [0.4, 0.5) is 10.1 Å². The molecule has 2 N–H and O–H groups in total. The van der Waals surface area contributed by atoms with Crippen molar-refractivity contribution in [2.75, 3.05) is 13.7 Å². The first-order chi connectivity index (χ1) is 9.90. The van der Waals surface area contributed by atoms with E-state index in [-0.39, 0.29) is 12.5 Å². The van der Waals surface area contributed by atoms with Crippen molar-refractivity contribution in [1.82, 2.24) is 0 Å². The quantitative estimate of drug-likeness (QED) is 0.483. The summed E-state index contributed by atoms with van der Waals surface area (Å²) in [6, 6.07) is 3.36. The molecular formula is C13H15FN2O5. The Kier molecular flexibility index (Phi) is 4.08. The zero-order valence-corrected chi connectivity index (χ0v) is 11.4. The SMILES string of the molecule is COC(=O)C(N)(COc1c(F)cccc1[N+](=O)[O-])C1CC1. The lowest BCUT2D eigenvalue weighted by atomic mass is 9.96. The Bertz CT molecular complexity index is 576. The number of para-hydroxylation sites is 1. The van der Waals surface area contributed by atoms with Gasteiger partial charge in [0.15, 0.2) is 11.4 Å². The van der Waals surface area contributed by atoms with E-state index in [1.807, 2.05) is 0 Å². The van der Waals surface area contributed by atoms with Crippen LogP contribution in [0.15, 0.2) is 18.2 Å². The minimum atomic E-state index is -1.43. The van der Waals surface area contributed by atoms with Crippen LogP contribution in [0, 0.1) is 21.8 Å². The second-order valence-corrected chi connectivity index (χ2v) is 4.94. The largest absolute Gasteiger partial charge is 0.482 e. The van der Waals surface area contributed by atoms with Gasteiger partial charge in [-0.05, 0) is 24.8 Å². The molecule has 1 aliphatic carbocycles. The highest BCUT2D eigenvalue weighted by atomic mass is 19.1. The molecule has 0 amide bonds. The number of carbonyl (C=O) groups excluding carboxylic acids is 1. The molecule has 0 bridgehead atoms. The molecule has 0 aliphatic heterocycles. The van der Waals surface area contributed by atoms with Gasteiger partial charge in [-0.3, -0.25) is 10.1 Å². The molecule has 1 fully saturated rings. The number of methoxy groups -OCH3 is 1. The predicted molar refractivity (Wildman–Crippen MR) is 70.2 cm³/mol. The Morgan fingerprint density at radius 1 is 1.57 bits per heavy atom. The number of nitro groups is 1. The number of ether oxygens (including phenoxy) is 2. The monoisotopic (exact) mass is 298 g/mol. The van der Waals surface area contributed by atoms with Gasteiger partial charge in [0.05, 0.1) is 12.0 Å². The van der Waals surface area contributed by atoms with E-state index in [9.17, 15) is 19.3 Å². The zero-order chi connectivity index (χ0) is 15.6. The summed E-state index contributed by atoms with van der Waals surface area (Å²) >= 11 is 0. The van der Waals surface area contributed by atoms with Crippen molar-refractivity contribution in [1.29, 1.82) is 0 Å². The molecule has 7 nitrogen and oxygen atoms in total. The van der Waals surface area contributed by atoms with Gasteiger partial charge in [-0.25, -0.2) is 9.18 Å². The lowest BCUT2D eigenvalue weighted by Crippen LogP contribution is -2.55. The number of benzene rings is 1. The lowest BCUT2D eigenvalue weighted by Gasteiger charge is -2.26. The highest BCUT2D eigenvalue weighted by Gasteiger charge is 2.50. The molecule has 2 rings (SSSR count). The highest BCUT2D eigenvalue weighted by Crippen LogP contribution is 2.40. The average Bonchev–Trinajstić information content (AvgIpc) is 3.29. The highest BCUT2D eigenvalue weighted by molar-refractivity contribution is 5.81. The summed E-state index contributed by atoms with van der Waals surface area (Å²) < 4.78 is 23.5. The van der Waals surface area contributed by atoms with Crippen LogP contribution in [-0.4, -0.2) is 30.1 Å². The third-order valence-corrected chi connectivity index (χ3v) is 3.47. The summed E-state index contributed by atoms with van der Waals surface area (Å²) in [6.45, 7) is -0.383. The van der Waals surface area contributed by atoms with Crippen LogP contribution in [-0.2, 0) is 9.53 Å². The maximum absolute atomic E-state index is 13.7. The van der Waals surface area contributed by atoms with Gasteiger partial charge in [0.1, 0.15) is 6.61 Å². The first-order valence-electron chi connectivity index (χ1n) is 6.33. The molecule has 1 aromatic carbocycles. The lowest BCUT2D eigenvalue weighted by molar-refractivity contribution is -0.386. The molecule has 114 valence electrons. The van der Waals surface area contributed by atoms with Gasteiger partial charge < -0.3 is 15.2 Å². The van der Waals surface area contributed by atoms with Crippen molar-refractivity contribution in [3.8, 4) is 5.75 Å². The molecule has 0 aromatic heterocycles. The molecule has 1 aromatic rings. The zero-order valence-electron chi connectivity index (χ0n) is 11.4. The smallest absolute Gasteiger partial charge is 0.329 e. The Balaban J connectivity index is 2.22. The van der Waals surface area contributed by atoms with E-state index < -0.39 is 33.7 Å². The number of nitro benzene ring substituents is 1.